The maximum atomic E-state index is 12.7. The maximum Gasteiger partial charge on any atom is 0.193 e. The average Bonchev–Trinajstić information content (AvgIpc) is 2.88. The number of benzene rings is 4. The molecule has 0 radical (unpaired) electrons. The van der Waals surface area contributed by atoms with Crippen LogP contribution in [0.5, 0.6) is 5.75 Å². The first-order valence-electron chi connectivity index (χ1n) is 10.7. The number of ketones is 2. The summed E-state index contributed by atoms with van der Waals surface area (Å²) in [7, 11) is 1.60. The van der Waals surface area contributed by atoms with Gasteiger partial charge in [-0.15, -0.1) is 0 Å². The molecule has 0 fully saturated rings. The Labute approximate surface area is 194 Å². The molecule has 0 spiro atoms. The summed E-state index contributed by atoms with van der Waals surface area (Å²) in [6.45, 7) is 2.00. The monoisotopic (exact) mass is 432 g/mol. The zero-order valence-corrected chi connectivity index (χ0v) is 18.6. The second kappa shape index (κ2) is 9.92. The third kappa shape index (κ3) is 5.34. The van der Waals surface area contributed by atoms with Gasteiger partial charge >= 0.3 is 0 Å². The van der Waals surface area contributed by atoms with Crippen LogP contribution in [-0.4, -0.2) is 18.7 Å². The molecule has 3 heteroatoms. The van der Waals surface area contributed by atoms with Gasteiger partial charge in [-0.05, 0) is 42.3 Å². The van der Waals surface area contributed by atoms with E-state index in [0.717, 1.165) is 22.4 Å². The van der Waals surface area contributed by atoms with Crippen LogP contribution in [0.3, 0.4) is 0 Å². The molecule has 0 aliphatic carbocycles. The fraction of sp³-hybridized carbons (Fsp3) is 0.0667. The van der Waals surface area contributed by atoms with Crippen LogP contribution in [0.1, 0.15) is 48.5 Å². The van der Waals surface area contributed by atoms with Crippen molar-refractivity contribution in [1.82, 2.24) is 0 Å². The zero-order valence-electron chi connectivity index (χ0n) is 18.6. The highest BCUT2D eigenvalue weighted by molar-refractivity contribution is 6.09. The van der Waals surface area contributed by atoms with Gasteiger partial charge in [-0.2, -0.15) is 0 Å². The van der Waals surface area contributed by atoms with Crippen molar-refractivity contribution in [1.29, 1.82) is 0 Å². The Hall–Kier alpha value is -4.24. The fourth-order valence-electron chi connectivity index (χ4n) is 3.46. The third-order valence-electron chi connectivity index (χ3n) is 5.48. The molecule has 4 aromatic carbocycles. The van der Waals surface area contributed by atoms with Crippen molar-refractivity contribution in [3.05, 3.63) is 136 Å². The highest BCUT2D eigenvalue weighted by Gasteiger charge is 2.09. The second-order valence-electron chi connectivity index (χ2n) is 7.83. The van der Waals surface area contributed by atoms with Crippen molar-refractivity contribution in [3.63, 3.8) is 0 Å². The van der Waals surface area contributed by atoms with Crippen molar-refractivity contribution in [2.75, 3.05) is 7.11 Å². The molecular weight excluding hydrogens is 408 g/mol. The van der Waals surface area contributed by atoms with Gasteiger partial charge in [0.05, 0.1) is 7.11 Å². The van der Waals surface area contributed by atoms with Gasteiger partial charge in [-0.1, -0.05) is 90.5 Å². The van der Waals surface area contributed by atoms with Gasteiger partial charge in [0.2, 0.25) is 0 Å². The molecule has 0 heterocycles. The van der Waals surface area contributed by atoms with E-state index in [1.165, 1.54) is 0 Å². The molecule has 0 saturated carbocycles. The van der Waals surface area contributed by atoms with Crippen molar-refractivity contribution in [2.24, 2.45) is 0 Å². The van der Waals surface area contributed by atoms with Crippen LogP contribution in [0.25, 0.3) is 12.2 Å². The quantitative estimate of drug-likeness (QED) is 0.243. The first-order chi connectivity index (χ1) is 16.0. The maximum absolute atomic E-state index is 12.7. The van der Waals surface area contributed by atoms with E-state index in [2.05, 4.69) is 0 Å². The Morgan fingerprint density at radius 2 is 0.879 bits per heavy atom. The molecular formula is C30H24O3. The van der Waals surface area contributed by atoms with Crippen molar-refractivity contribution in [3.8, 4) is 5.75 Å². The van der Waals surface area contributed by atoms with E-state index in [0.29, 0.717) is 22.3 Å². The highest BCUT2D eigenvalue weighted by Crippen LogP contribution is 2.17. The summed E-state index contributed by atoms with van der Waals surface area (Å²) in [6.07, 6.45) is 3.97. The van der Waals surface area contributed by atoms with E-state index in [9.17, 15) is 9.59 Å². The number of hydrogen-bond acceptors (Lipinski definition) is 3. The predicted octanol–water partition coefficient (Wildman–Crippen LogP) is 6.64. The molecule has 0 saturated heterocycles. The van der Waals surface area contributed by atoms with E-state index in [4.69, 9.17) is 4.74 Å². The first-order valence-corrected chi connectivity index (χ1v) is 10.7. The molecule has 4 aromatic rings. The van der Waals surface area contributed by atoms with Crippen LogP contribution in [0, 0.1) is 6.92 Å². The SMILES string of the molecule is COc1ccc(C(=O)c2ccc(/C=C/c3ccc(C(=O)c4ccc(C)cc4)cc3)cc2)cc1. The van der Waals surface area contributed by atoms with E-state index >= 15 is 0 Å². The lowest BCUT2D eigenvalue weighted by Gasteiger charge is -2.04. The molecule has 162 valence electrons. The fourth-order valence-corrected chi connectivity index (χ4v) is 3.46. The molecule has 0 N–H and O–H groups in total. The number of rotatable bonds is 7. The van der Waals surface area contributed by atoms with Crippen LogP contribution in [0.2, 0.25) is 0 Å². The Morgan fingerprint density at radius 3 is 1.24 bits per heavy atom. The first kappa shape index (κ1) is 22.0. The minimum atomic E-state index is -0.0259. The molecule has 33 heavy (non-hydrogen) atoms. The number of carbonyl (C=O) groups is 2. The Morgan fingerprint density at radius 1 is 0.545 bits per heavy atom. The van der Waals surface area contributed by atoms with Gasteiger partial charge in [-0.25, -0.2) is 0 Å². The van der Waals surface area contributed by atoms with Crippen molar-refractivity contribution in [2.45, 2.75) is 6.92 Å². The average molecular weight is 433 g/mol. The molecule has 0 aliphatic rings. The molecule has 3 nitrogen and oxygen atoms in total. The second-order valence-corrected chi connectivity index (χ2v) is 7.83. The Balaban J connectivity index is 1.41. The topological polar surface area (TPSA) is 43.4 Å². The summed E-state index contributed by atoms with van der Waals surface area (Å²) in [4.78, 5) is 25.3. The molecule has 0 amide bonds. The summed E-state index contributed by atoms with van der Waals surface area (Å²) in [6, 6.07) is 29.7. The highest BCUT2D eigenvalue weighted by atomic mass is 16.5. The van der Waals surface area contributed by atoms with Crippen LogP contribution in [-0.2, 0) is 0 Å². The third-order valence-corrected chi connectivity index (χ3v) is 5.48. The number of aryl methyl sites for hydroxylation is 1. The number of methoxy groups -OCH3 is 1. The lowest BCUT2D eigenvalue weighted by atomic mass is 10.0. The molecule has 0 bridgehead atoms. The lowest BCUT2D eigenvalue weighted by Crippen LogP contribution is -2.01. The summed E-state index contributed by atoms with van der Waals surface area (Å²) in [5, 5.41) is 0. The number of carbonyl (C=O) groups excluding carboxylic acids is 2. The number of ether oxygens (including phenoxy) is 1. The van der Waals surface area contributed by atoms with Crippen LogP contribution < -0.4 is 4.74 Å². The summed E-state index contributed by atoms with van der Waals surface area (Å²) in [5.41, 5.74) is 5.72. The Kier molecular flexibility index (Phi) is 6.61. The Bertz CT molecular complexity index is 1280. The molecule has 0 atom stereocenters. The predicted molar refractivity (Wildman–Crippen MR) is 133 cm³/mol. The van der Waals surface area contributed by atoms with Gasteiger partial charge in [0.25, 0.3) is 0 Å². The van der Waals surface area contributed by atoms with E-state index in [-0.39, 0.29) is 11.6 Å². The van der Waals surface area contributed by atoms with Gasteiger partial charge in [-0.3, -0.25) is 9.59 Å². The van der Waals surface area contributed by atoms with Gasteiger partial charge < -0.3 is 4.74 Å². The molecule has 4 rings (SSSR count). The normalized spacial score (nSPS) is 10.8. The molecule has 0 aliphatic heterocycles. The lowest BCUT2D eigenvalue weighted by molar-refractivity contribution is 0.103. The van der Waals surface area contributed by atoms with E-state index in [1.54, 1.807) is 31.4 Å². The van der Waals surface area contributed by atoms with Crippen LogP contribution in [0.4, 0.5) is 0 Å². The summed E-state index contributed by atoms with van der Waals surface area (Å²) < 4.78 is 5.14. The summed E-state index contributed by atoms with van der Waals surface area (Å²) in [5.74, 6) is 0.712. The zero-order chi connectivity index (χ0) is 23.2. The standard InChI is InChI=1S/C30H24O3/c1-21-3-11-24(12-4-21)29(31)25-13-7-22(8-14-25)5-6-23-9-15-26(16-10-23)30(32)27-17-19-28(33-2)20-18-27/h3-20H,1-2H3/b6-5+. The molecule has 0 unspecified atom stereocenters. The van der Waals surface area contributed by atoms with E-state index in [1.807, 2.05) is 91.9 Å². The smallest absolute Gasteiger partial charge is 0.193 e. The van der Waals surface area contributed by atoms with Gasteiger partial charge in [0, 0.05) is 22.3 Å². The molecule has 0 aromatic heterocycles. The van der Waals surface area contributed by atoms with Crippen molar-refractivity contribution >= 4 is 23.7 Å². The largest absolute Gasteiger partial charge is 0.497 e. The van der Waals surface area contributed by atoms with Gasteiger partial charge in [0.15, 0.2) is 11.6 Å². The minimum absolute atomic E-state index is 0.0163. The number of hydrogen-bond donors (Lipinski definition) is 0. The van der Waals surface area contributed by atoms with Crippen LogP contribution in [0.15, 0.2) is 97.1 Å². The van der Waals surface area contributed by atoms with Crippen LogP contribution >= 0.6 is 0 Å². The van der Waals surface area contributed by atoms with Gasteiger partial charge in [0.1, 0.15) is 5.75 Å². The summed E-state index contributed by atoms with van der Waals surface area (Å²) >= 11 is 0. The minimum Gasteiger partial charge on any atom is -0.497 e. The van der Waals surface area contributed by atoms with E-state index < -0.39 is 0 Å². The van der Waals surface area contributed by atoms with Crippen molar-refractivity contribution < 1.29 is 14.3 Å².